The molecule has 6 heteroatoms. The molecule has 0 bridgehead atoms. The maximum absolute atomic E-state index is 13.7. The van der Waals surface area contributed by atoms with Crippen molar-refractivity contribution in [1.82, 2.24) is 0 Å². The van der Waals surface area contributed by atoms with Crippen molar-refractivity contribution >= 4 is 12.1 Å². The lowest BCUT2D eigenvalue weighted by Gasteiger charge is -2.35. The molecule has 164 valence electrons. The third-order valence-electron chi connectivity index (χ3n) is 5.27. The molecule has 1 aliphatic heterocycles. The van der Waals surface area contributed by atoms with Crippen molar-refractivity contribution in [2.45, 2.75) is 52.7 Å². The second-order valence-corrected chi connectivity index (χ2v) is 8.68. The predicted octanol–water partition coefficient (Wildman–Crippen LogP) is 4.16. The highest BCUT2D eigenvalue weighted by molar-refractivity contribution is 6.16. The highest BCUT2D eigenvalue weighted by atomic mass is 16.6. The fraction of sp³-hybridized carbons (Fsp3) is 0.360. The molecule has 1 atom stereocenters. The normalized spacial score (nSPS) is 15.4. The summed E-state index contributed by atoms with van der Waals surface area (Å²) >= 11 is 0. The van der Waals surface area contributed by atoms with Gasteiger partial charge in [0, 0.05) is 5.56 Å². The van der Waals surface area contributed by atoms with E-state index >= 15 is 0 Å². The molecule has 0 aliphatic carbocycles. The van der Waals surface area contributed by atoms with Gasteiger partial charge in [0.25, 0.3) is 0 Å². The third-order valence-corrected chi connectivity index (χ3v) is 5.27. The molecule has 2 aromatic rings. The molecule has 2 N–H and O–H groups in total. The van der Waals surface area contributed by atoms with Crippen LogP contribution in [-0.4, -0.2) is 40.6 Å². The van der Waals surface area contributed by atoms with Crippen molar-refractivity contribution in [3.05, 3.63) is 63.7 Å². The summed E-state index contributed by atoms with van der Waals surface area (Å²) in [6, 6.07) is 6.50. The lowest BCUT2D eigenvalue weighted by Crippen LogP contribution is -2.46. The van der Waals surface area contributed by atoms with Gasteiger partial charge in [-0.2, -0.15) is 0 Å². The molecule has 31 heavy (non-hydrogen) atoms. The Hall–Kier alpha value is -3.12. The van der Waals surface area contributed by atoms with Crippen LogP contribution in [0, 0.1) is 6.92 Å². The van der Waals surface area contributed by atoms with Crippen LogP contribution >= 0.6 is 0 Å². The number of aromatic hydroxyl groups is 1. The monoisotopic (exact) mass is 424 g/mol. The first kappa shape index (κ1) is 22.6. The summed E-state index contributed by atoms with van der Waals surface area (Å²) in [5.41, 5.74) is 1.58. The molecule has 1 aliphatic rings. The number of rotatable bonds is 6. The number of phenols is 1. The molecule has 6 nitrogen and oxygen atoms in total. The third kappa shape index (κ3) is 4.64. The molecule has 3 rings (SSSR count). The largest absolute Gasteiger partial charge is 0.507 e. The molecular weight excluding hydrogens is 396 g/mol. The zero-order valence-electron chi connectivity index (χ0n) is 18.5. The Morgan fingerprint density at radius 1 is 1.26 bits per heavy atom. The van der Waals surface area contributed by atoms with Gasteiger partial charge in [-0.05, 0) is 70.4 Å². The number of carbonyl (C=O) groups excluding carboxylic acids is 2. The van der Waals surface area contributed by atoms with E-state index in [1.54, 1.807) is 32.0 Å². The van der Waals surface area contributed by atoms with Gasteiger partial charge >= 0.3 is 0 Å². The van der Waals surface area contributed by atoms with Crippen LogP contribution in [0.25, 0.3) is 0 Å². The molecule has 0 saturated carbocycles. The number of allylic oxidation sites excluding steroid dienone is 2. The Balaban J connectivity index is 2.19. The number of ether oxygens (including phenoxy) is 2. The zero-order valence-corrected chi connectivity index (χ0v) is 18.5. The minimum atomic E-state index is -1.18. The van der Waals surface area contributed by atoms with Crippen molar-refractivity contribution in [2.75, 3.05) is 6.61 Å². The van der Waals surface area contributed by atoms with E-state index in [-0.39, 0.29) is 34.8 Å². The fourth-order valence-corrected chi connectivity index (χ4v) is 3.49. The number of ketones is 1. The fourth-order valence-electron chi connectivity index (χ4n) is 3.49. The van der Waals surface area contributed by atoms with Crippen LogP contribution in [-0.2, 0) is 6.42 Å². The van der Waals surface area contributed by atoms with Crippen LogP contribution < -0.4 is 9.47 Å². The number of hydrogen-bond acceptors (Lipinski definition) is 6. The van der Waals surface area contributed by atoms with E-state index in [4.69, 9.17) is 9.47 Å². The van der Waals surface area contributed by atoms with Gasteiger partial charge in [-0.3, -0.25) is 9.59 Å². The Labute approximate surface area is 182 Å². The quantitative estimate of drug-likeness (QED) is 0.411. The molecule has 0 radical (unpaired) electrons. The average Bonchev–Trinajstić information content (AvgIpc) is 2.70. The van der Waals surface area contributed by atoms with E-state index in [1.165, 1.54) is 6.07 Å². The topological polar surface area (TPSA) is 93.1 Å². The Morgan fingerprint density at radius 2 is 1.97 bits per heavy atom. The number of aldehydes is 1. The smallest absolute Gasteiger partial charge is 0.198 e. The maximum atomic E-state index is 13.7. The second-order valence-electron chi connectivity index (χ2n) is 8.68. The summed E-state index contributed by atoms with van der Waals surface area (Å²) in [6.07, 6.45) is 2.21. The maximum Gasteiger partial charge on any atom is 0.198 e. The summed E-state index contributed by atoms with van der Waals surface area (Å²) in [7, 11) is 0. The van der Waals surface area contributed by atoms with Gasteiger partial charge in [-0.25, -0.2) is 0 Å². The lowest BCUT2D eigenvalue weighted by atomic mass is 9.90. The average molecular weight is 424 g/mol. The van der Waals surface area contributed by atoms with E-state index in [1.807, 2.05) is 26.8 Å². The van der Waals surface area contributed by atoms with Crippen LogP contribution in [0.15, 0.2) is 35.9 Å². The van der Waals surface area contributed by atoms with Gasteiger partial charge in [0.15, 0.2) is 29.7 Å². The van der Waals surface area contributed by atoms with Crippen molar-refractivity contribution in [3.8, 4) is 17.2 Å². The van der Waals surface area contributed by atoms with Gasteiger partial charge in [-0.1, -0.05) is 17.7 Å². The Kier molecular flexibility index (Phi) is 6.23. The number of phenolic OH excluding ortho intramolecular Hbond substituents is 1. The summed E-state index contributed by atoms with van der Waals surface area (Å²) < 4.78 is 11.8. The van der Waals surface area contributed by atoms with E-state index in [0.717, 1.165) is 11.1 Å². The van der Waals surface area contributed by atoms with Crippen LogP contribution in [0.5, 0.6) is 17.2 Å². The highest BCUT2D eigenvalue weighted by Gasteiger charge is 2.36. The molecule has 0 aromatic heterocycles. The number of carbonyl (C=O) groups is 2. The number of fused-ring (bicyclic) bond motifs is 1. The molecule has 0 saturated heterocycles. The lowest BCUT2D eigenvalue weighted by molar-refractivity contribution is -0.0655. The van der Waals surface area contributed by atoms with E-state index in [9.17, 15) is 19.8 Å². The Morgan fingerprint density at radius 3 is 2.58 bits per heavy atom. The van der Waals surface area contributed by atoms with Crippen molar-refractivity contribution in [3.63, 3.8) is 0 Å². The van der Waals surface area contributed by atoms with Crippen LogP contribution in [0.3, 0.4) is 0 Å². The number of aliphatic hydroxyl groups is 1. The summed E-state index contributed by atoms with van der Waals surface area (Å²) in [6.45, 7) is 9.08. The van der Waals surface area contributed by atoms with E-state index in [2.05, 4.69) is 0 Å². The number of aryl methyl sites for hydroxylation is 1. The summed E-state index contributed by atoms with van der Waals surface area (Å²) in [5, 5.41) is 20.6. The summed E-state index contributed by atoms with van der Waals surface area (Å²) in [4.78, 5) is 25.5. The molecule has 0 amide bonds. The molecule has 2 aromatic carbocycles. The first-order chi connectivity index (χ1) is 14.5. The van der Waals surface area contributed by atoms with Crippen LogP contribution in [0.1, 0.15) is 65.1 Å². The molecule has 1 heterocycles. The molecular formula is C25H28O6. The standard InChI is InChI=1S/C25H28O6/c1-14(2)6-7-16-8-9-19(27)18(12-26)22(16)23(28)17-10-15(3)11-20-24(17)31-21(13-30-20)25(4,5)29/h6,8-12,21,27,29H,7,13H2,1-5H3. The van der Waals surface area contributed by atoms with Crippen molar-refractivity contribution in [2.24, 2.45) is 0 Å². The molecule has 1 unspecified atom stereocenters. The van der Waals surface area contributed by atoms with Crippen LogP contribution in [0.2, 0.25) is 0 Å². The zero-order chi connectivity index (χ0) is 22.9. The van der Waals surface area contributed by atoms with Crippen LogP contribution in [0.4, 0.5) is 0 Å². The minimum absolute atomic E-state index is 0.0596. The first-order valence-corrected chi connectivity index (χ1v) is 10.2. The van der Waals surface area contributed by atoms with Gasteiger partial charge in [0.2, 0.25) is 0 Å². The van der Waals surface area contributed by atoms with Gasteiger partial charge in [0.1, 0.15) is 12.4 Å². The SMILES string of the molecule is CC(C)=CCc1ccc(O)c(C=O)c1C(=O)c1cc(C)cc2c1OC(C(C)(C)O)CO2. The van der Waals surface area contributed by atoms with E-state index < -0.39 is 17.5 Å². The Bertz CT molecular complexity index is 1050. The van der Waals surface area contributed by atoms with Crippen molar-refractivity contribution in [1.29, 1.82) is 0 Å². The van der Waals surface area contributed by atoms with Gasteiger partial charge in [0.05, 0.1) is 16.7 Å². The molecule has 0 fully saturated rings. The first-order valence-electron chi connectivity index (χ1n) is 10.2. The van der Waals surface area contributed by atoms with Gasteiger partial charge < -0.3 is 19.7 Å². The molecule has 0 spiro atoms. The van der Waals surface area contributed by atoms with E-state index in [0.29, 0.717) is 24.0 Å². The van der Waals surface area contributed by atoms with Gasteiger partial charge in [-0.15, -0.1) is 0 Å². The predicted molar refractivity (Wildman–Crippen MR) is 117 cm³/mol. The number of benzene rings is 2. The number of hydrogen-bond donors (Lipinski definition) is 2. The second kappa shape index (κ2) is 8.55. The summed E-state index contributed by atoms with van der Waals surface area (Å²) in [5.74, 6) is -0.0766. The highest BCUT2D eigenvalue weighted by Crippen LogP contribution is 2.40. The minimum Gasteiger partial charge on any atom is -0.507 e. The van der Waals surface area contributed by atoms with Crippen molar-refractivity contribution < 1.29 is 29.3 Å².